The Bertz CT molecular complexity index is 2110. The molecular formula is C43H52N6O2. The lowest BCUT2D eigenvalue weighted by atomic mass is 9.82. The van der Waals surface area contributed by atoms with Gasteiger partial charge in [-0.25, -0.2) is 9.97 Å². The van der Waals surface area contributed by atoms with Crippen LogP contribution in [0.1, 0.15) is 121 Å². The van der Waals surface area contributed by atoms with Crippen molar-refractivity contribution in [1.29, 1.82) is 0 Å². The lowest BCUT2D eigenvalue weighted by Crippen LogP contribution is -2.36. The van der Waals surface area contributed by atoms with E-state index in [0.29, 0.717) is 24.7 Å². The van der Waals surface area contributed by atoms with Crippen LogP contribution >= 0.6 is 0 Å². The van der Waals surface area contributed by atoms with E-state index in [1.54, 1.807) is 0 Å². The molecule has 2 saturated heterocycles. The highest BCUT2D eigenvalue weighted by Crippen LogP contribution is 2.41. The van der Waals surface area contributed by atoms with Gasteiger partial charge in [-0.1, -0.05) is 58.0 Å². The molecular weight excluding hydrogens is 633 g/mol. The number of imidazole rings is 2. The summed E-state index contributed by atoms with van der Waals surface area (Å²) in [4.78, 5) is 47.7. The van der Waals surface area contributed by atoms with Gasteiger partial charge in [0.15, 0.2) is 0 Å². The number of carbonyl (C=O) groups is 2. The van der Waals surface area contributed by atoms with Crippen LogP contribution in [0.3, 0.4) is 0 Å². The summed E-state index contributed by atoms with van der Waals surface area (Å²) in [5.41, 5.74) is 9.67. The Kier molecular flexibility index (Phi) is 8.97. The minimum absolute atomic E-state index is 0.00608. The number of benzene rings is 3. The molecule has 0 radical (unpaired) electrons. The van der Waals surface area contributed by atoms with Crippen LogP contribution in [-0.4, -0.2) is 54.1 Å². The third-order valence-corrected chi connectivity index (χ3v) is 11.5. The number of likely N-dealkylation sites (tertiary alicyclic amines) is 2. The zero-order valence-electron chi connectivity index (χ0n) is 30.9. The second kappa shape index (κ2) is 13.6. The number of carbonyl (C=O) groups excluding carboxylic acids is 2. The van der Waals surface area contributed by atoms with Crippen molar-refractivity contribution in [3.8, 4) is 22.4 Å². The summed E-state index contributed by atoms with van der Waals surface area (Å²) in [6.07, 6.45) is 11.5. The Morgan fingerprint density at radius 2 is 1.55 bits per heavy atom. The van der Waals surface area contributed by atoms with Crippen LogP contribution in [-0.2, 0) is 22.4 Å². The first-order chi connectivity index (χ1) is 24.7. The van der Waals surface area contributed by atoms with Gasteiger partial charge in [-0.2, -0.15) is 0 Å². The number of nitrogens with zero attached hydrogens (tertiary/aromatic N) is 4. The maximum atomic E-state index is 13.2. The normalized spacial score (nSPS) is 20.7. The molecule has 4 heterocycles. The third-order valence-electron chi connectivity index (χ3n) is 11.5. The summed E-state index contributed by atoms with van der Waals surface area (Å²) in [6, 6.07) is 16.0. The summed E-state index contributed by atoms with van der Waals surface area (Å²) in [5, 5.41) is 2.30. The van der Waals surface area contributed by atoms with Crippen molar-refractivity contribution < 1.29 is 9.59 Å². The number of rotatable bonds is 8. The molecule has 0 bridgehead atoms. The van der Waals surface area contributed by atoms with Crippen molar-refractivity contribution >= 4 is 33.6 Å². The molecule has 51 heavy (non-hydrogen) atoms. The Labute approximate surface area is 301 Å². The van der Waals surface area contributed by atoms with Crippen molar-refractivity contribution in [2.75, 3.05) is 6.54 Å². The average Bonchev–Trinajstić information content (AvgIpc) is 3.92. The molecule has 2 fully saturated rings. The number of fused-ring (bicyclic) bond motifs is 4. The van der Waals surface area contributed by atoms with E-state index >= 15 is 0 Å². The second-order valence-electron chi connectivity index (χ2n) is 16.2. The predicted octanol–water partition coefficient (Wildman–Crippen LogP) is 9.46. The van der Waals surface area contributed by atoms with Crippen LogP contribution < -0.4 is 0 Å². The molecule has 1 aliphatic carbocycles. The van der Waals surface area contributed by atoms with E-state index in [-0.39, 0.29) is 29.9 Å². The summed E-state index contributed by atoms with van der Waals surface area (Å²) in [5.74, 6) is 2.96. The fourth-order valence-corrected chi connectivity index (χ4v) is 9.12. The third kappa shape index (κ3) is 6.25. The number of nitrogens with one attached hydrogen (secondary N) is 2. The van der Waals surface area contributed by atoms with Gasteiger partial charge in [-0.05, 0) is 110 Å². The molecule has 2 aliphatic heterocycles. The van der Waals surface area contributed by atoms with Gasteiger partial charge in [0, 0.05) is 36.4 Å². The molecule has 2 N–H and O–H groups in total. The van der Waals surface area contributed by atoms with E-state index in [4.69, 9.17) is 9.97 Å². The summed E-state index contributed by atoms with van der Waals surface area (Å²) in [6.45, 7) is 11.4. The van der Waals surface area contributed by atoms with Crippen LogP contribution in [0.4, 0.5) is 0 Å². The quantitative estimate of drug-likeness (QED) is 0.170. The molecule has 0 spiro atoms. The Morgan fingerprint density at radius 3 is 2.33 bits per heavy atom. The van der Waals surface area contributed by atoms with Crippen LogP contribution in [0.2, 0.25) is 0 Å². The maximum absolute atomic E-state index is 13.2. The first-order valence-corrected chi connectivity index (χ1v) is 19.4. The lowest BCUT2D eigenvalue weighted by molar-refractivity contribution is -0.135. The number of hydrogen-bond donors (Lipinski definition) is 2. The zero-order valence-corrected chi connectivity index (χ0v) is 30.9. The highest BCUT2D eigenvalue weighted by molar-refractivity contribution is 6.05. The predicted molar refractivity (Wildman–Crippen MR) is 204 cm³/mol. The molecule has 0 saturated carbocycles. The second-order valence-corrected chi connectivity index (χ2v) is 16.2. The van der Waals surface area contributed by atoms with Gasteiger partial charge in [0.1, 0.15) is 11.6 Å². The minimum Gasteiger partial charge on any atom is -0.340 e. The smallest absolute Gasteiger partial charge is 0.223 e. The van der Waals surface area contributed by atoms with E-state index < -0.39 is 0 Å². The largest absolute Gasteiger partial charge is 0.340 e. The van der Waals surface area contributed by atoms with Gasteiger partial charge in [0.2, 0.25) is 11.8 Å². The summed E-state index contributed by atoms with van der Waals surface area (Å²) in [7, 11) is 0. The molecule has 8 nitrogen and oxygen atoms in total. The average molecular weight is 685 g/mol. The lowest BCUT2D eigenvalue weighted by Gasteiger charge is -2.28. The topological polar surface area (TPSA) is 98.0 Å². The molecule has 266 valence electrons. The summed E-state index contributed by atoms with van der Waals surface area (Å²) >= 11 is 0. The number of amides is 2. The first kappa shape index (κ1) is 33.7. The standard InChI is InChI=1S/C43H52N6O2/c1-25(2)21-39(50)48-20-8-11-37(48)42-44-24-36(46-42)34-17-16-30(32-9-6-7-10-33(32)34)28-13-15-31-29(23-28)14-18-35-41(31)47-43(45-35)38-19-12-27(5)49(38)40(51)22-26(3)4/h13-18,23-27,37-38H,6-12,19-22H2,1-5H3,(H,44,46)(H,45,47)/t27?,37-,38-/m0/s1. The molecule has 3 aromatic carbocycles. The fraction of sp³-hybridized carbons (Fsp3) is 0.488. The van der Waals surface area contributed by atoms with E-state index in [1.807, 2.05) is 11.1 Å². The Morgan fingerprint density at radius 1 is 0.804 bits per heavy atom. The first-order valence-electron chi connectivity index (χ1n) is 19.4. The maximum Gasteiger partial charge on any atom is 0.223 e. The molecule has 2 amide bonds. The van der Waals surface area contributed by atoms with Gasteiger partial charge < -0.3 is 19.8 Å². The monoisotopic (exact) mass is 684 g/mol. The number of H-pyrrole nitrogens is 2. The Balaban J connectivity index is 1.10. The molecule has 8 rings (SSSR count). The number of aromatic nitrogens is 4. The molecule has 5 aromatic rings. The van der Waals surface area contributed by atoms with Crippen LogP contribution in [0, 0.1) is 11.8 Å². The Hall–Kier alpha value is -4.46. The highest BCUT2D eigenvalue weighted by atomic mass is 16.2. The fourth-order valence-electron chi connectivity index (χ4n) is 9.12. The van der Waals surface area contributed by atoms with Crippen LogP contribution in [0.25, 0.3) is 44.2 Å². The van der Waals surface area contributed by atoms with E-state index in [9.17, 15) is 9.59 Å². The van der Waals surface area contributed by atoms with E-state index in [0.717, 1.165) is 78.8 Å². The van der Waals surface area contributed by atoms with Gasteiger partial charge in [-0.3, -0.25) is 9.59 Å². The molecule has 1 unspecified atom stereocenters. The number of hydrogen-bond acceptors (Lipinski definition) is 4. The highest BCUT2D eigenvalue weighted by Gasteiger charge is 2.37. The molecule has 2 aromatic heterocycles. The summed E-state index contributed by atoms with van der Waals surface area (Å²) < 4.78 is 0. The SMILES string of the molecule is CC(C)CC(=O)N1CCC[C@H]1c1ncc(-c2ccc(-c3ccc4c(ccc5[nH]c([C@@H]6CCC(C)N6C(=O)CC(C)C)nc54)c3)c3c2CCCC3)[nH]1. The molecule has 8 heteroatoms. The van der Waals surface area contributed by atoms with Crippen molar-refractivity contribution in [2.24, 2.45) is 11.8 Å². The van der Waals surface area contributed by atoms with Crippen LogP contribution in [0.5, 0.6) is 0 Å². The minimum atomic E-state index is -0.00608. The number of aromatic amines is 2. The molecule has 3 aliphatic rings. The van der Waals surface area contributed by atoms with Gasteiger partial charge in [-0.15, -0.1) is 0 Å². The van der Waals surface area contributed by atoms with Crippen molar-refractivity contribution in [1.82, 2.24) is 29.7 Å². The van der Waals surface area contributed by atoms with Gasteiger partial charge >= 0.3 is 0 Å². The van der Waals surface area contributed by atoms with Crippen molar-refractivity contribution in [2.45, 2.75) is 117 Å². The van der Waals surface area contributed by atoms with E-state index in [2.05, 4.69) is 92.0 Å². The van der Waals surface area contributed by atoms with Crippen molar-refractivity contribution in [3.05, 3.63) is 71.4 Å². The van der Waals surface area contributed by atoms with Gasteiger partial charge in [0.25, 0.3) is 0 Å². The van der Waals surface area contributed by atoms with E-state index in [1.165, 1.54) is 46.0 Å². The zero-order chi connectivity index (χ0) is 35.4. The van der Waals surface area contributed by atoms with Gasteiger partial charge in [0.05, 0.1) is 35.0 Å². The van der Waals surface area contributed by atoms with Crippen molar-refractivity contribution in [3.63, 3.8) is 0 Å². The van der Waals surface area contributed by atoms with Crippen LogP contribution in [0.15, 0.2) is 48.7 Å². The molecule has 3 atom stereocenters.